The first-order chi connectivity index (χ1) is 25.2. The molecule has 264 valence electrons. The average molecular weight is 699 g/mol. The number of aromatic nitrogens is 4. The van der Waals surface area contributed by atoms with Gasteiger partial charge in [-0.25, -0.2) is 14.6 Å². The molecule has 1 saturated carbocycles. The number of hydrogen-bond acceptors (Lipinski definition) is 10. The molecule has 13 heteroatoms. The largest absolute Gasteiger partial charge is 0.457 e. The number of aryl methyl sites for hydroxylation is 1. The van der Waals surface area contributed by atoms with Crippen molar-refractivity contribution in [3.05, 3.63) is 90.3 Å². The predicted octanol–water partition coefficient (Wildman–Crippen LogP) is 5.20. The third kappa shape index (κ3) is 6.01. The first-order valence-corrected chi connectivity index (χ1v) is 17.5. The smallest absolute Gasteiger partial charge is 0.261 e. The van der Waals surface area contributed by atoms with Gasteiger partial charge in [0, 0.05) is 36.3 Å². The lowest BCUT2D eigenvalue weighted by Crippen LogP contribution is -2.54. The number of imide groups is 2. The molecule has 13 nitrogen and oxygen atoms in total. The van der Waals surface area contributed by atoms with E-state index in [0.29, 0.717) is 23.4 Å². The van der Waals surface area contributed by atoms with Crippen LogP contribution in [0.1, 0.15) is 60.5 Å². The quantitative estimate of drug-likeness (QED) is 0.163. The van der Waals surface area contributed by atoms with Gasteiger partial charge in [0.05, 0.1) is 11.4 Å². The van der Waals surface area contributed by atoms with Crippen LogP contribution >= 0.6 is 0 Å². The molecule has 4 amide bonds. The molecule has 3 fully saturated rings. The highest BCUT2D eigenvalue weighted by Gasteiger charge is 2.48. The van der Waals surface area contributed by atoms with Gasteiger partial charge in [-0.05, 0) is 98.5 Å². The molecule has 2 saturated heterocycles. The minimum atomic E-state index is -1.02. The van der Waals surface area contributed by atoms with Gasteiger partial charge in [-0.2, -0.15) is 5.10 Å². The Morgan fingerprint density at radius 2 is 1.73 bits per heavy atom. The SMILES string of the molecule is Cc1ccc(N2CCC3(CC2)CC(n2nc(-c4ccc(Oc5ccccc5)cc4)c4c(N)ncnc42)C3)cc1C(=O)N(C=O)C1CCC(=O)NC1=O. The molecule has 5 aromatic rings. The third-order valence-electron chi connectivity index (χ3n) is 10.8. The number of anilines is 2. The van der Waals surface area contributed by atoms with Crippen LogP contribution in [-0.4, -0.2) is 67.9 Å². The fraction of sp³-hybridized carbons (Fsp3) is 0.308. The van der Waals surface area contributed by atoms with E-state index in [1.807, 2.05) is 84.4 Å². The summed E-state index contributed by atoms with van der Waals surface area (Å²) in [5.41, 5.74) is 10.9. The van der Waals surface area contributed by atoms with Crippen LogP contribution in [0.5, 0.6) is 11.5 Å². The van der Waals surface area contributed by atoms with Crippen molar-refractivity contribution in [2.75, 3.05) is 23.7 Å². The molecule has 0 bridgehead atoms. The van der Waals surface area contributed by atoms with Crippen LogP contribution in [0.15, 0.2) is 79.1 Å². The minimum absolute atomic E-state index is 0.0716. The predicted molar refractivity (Wildman–Crippen MR) is 193 cm³/mol. The van der Waals surface area contributed by atoms with Crippen molar-refractivity contribution >= 4 is 46.7 Å². The van der Waals surface area contributed by atoms with E-state index in [-0.39, 0.29) is 24.3 Å². The summed E-state index contributed by atoms with van der Waals surface area (Å²) in [6.07, 6.45) is 5.93. The maximum atomic E-state index is 13.6. The number of nitrogens with one attached hydrogen (secondary N) is 1. The fourth-order valence-electron chi connectivity index (χ4n) is 7.90. The van der Waals surface area contributed by atoms with Gasteiger partial charge >= 0.3 is 0 Å². The zero-order valence-electron chi connectivity index (χ0n) is 28.7. The number of ether oxygens (including phenoxy) is 1. The highest BCUT2D eigenvalue weighted by molar-refractivity contribution is 6.08. The lowest BCUT2D eigenvalue weighted by atomic mass is 9.60. The summed E-state index contributed by atoms with van der Waals surface area (Å²) in [6, 6.07) is 22.3. The molecule has 0 radical (unpaired) electrons. The van der Waals surface area contributed by atoms with Crippen LogP contribution in [0, 0.1) is 12.3 Å². The van der Waals surface area contributed by atoms with E-state index in [1.54, 1.807) is 0 Å². The summed E-state index contributed by atoms with van der Waals surface area (Å²) >= 11 is 0. The molecule has 3 aliphatic rings. The Balaban J connectivity index is 0.953. The van der Waals surface area contributed by atoms with Gasteiger partial charge in [-0.1, -0.05) is 24.3 Å². The maximum Gasteiger partial charge on any atom is 0.261 e. The Hall–Kier alpha value is -6.11. The normalized spacial score (nSPS) is 18.6. The molecule has 8 rings (SSSR count). The van der Waals surface area contributed by atoms with E-state index < -0.39 is 23.8 Å². The molecule has 4 heterocycles. The maximum absolute atomic E-state index is 13.6. The van der Waals surface area contributed by atoms with Crippen molar-refractivity contribution in [2.45, 2.75) is 57.5 Å². The third-order valence-corrected chi connectivity index (χ3v) is 10.8. The van der Waals surface area contributed by atoms with Crippen LogP contribution in [0.25, 0.3) is 22.3 Å². The van der Waals surface area contributed by atoms with Crippen LogP contribution in [-0.2, 0) is 14.4 Å². The van der Waals surface area contributed by atoms with Gasteiger partial charge in [-0.3, -0.25) is 29.4 Å². The van der Waals surface area contributed by atoms with E-state index in [1.165, 1.54) is 6.33 Å². The summed E-state index contributed by atoms with van der Waals surface area (Å²) in [7, 11) is 0. The molecule has 1 aliphatic carbocycles. The molecule has 2 aromatic heterocycles. The van der Waals surface area contributed by atoms with E-state index in [0.717, 1.165) is 83.1 Å². The van der Waals surface area contributed by atoms with E-state index in [2.05, 4.69) is 20.2 Å². The number of fused-ring (bicyclic) bond motifs is 1. The summed E-state index contributed by atoms with van der Waals surface area (Å²) < 4.78 is 8.01. The van der Waals surface area contributed by atoms with E-state index in [4.69, 9.17) is 15.6 Å². The number of nitrogens with two attached hydrogens (primary N) is 1. The molecule has 1 unspecified atom stereocenters. The van der Waals surface area contributed by atoms with Gasteiger partial charge in [0.25, 0.3) is 5.91 Å². The Morgan fingerprint density at radius 1 is 1.00 bits per heavy atom. The zero-order valence-corrected chi connectivity index (χ0v) is 28.7. The first-order valence-electron chi connectivity index (χ1n) is 17.5. The highest BCUT2D eigenvalue weighted by atomic mass is 16.5. The molecular weight excluding hydrogens is 660 g/mol. The molecular formula is C39H38N8O5. The Kier molecular flexibility index (Phi) is 8.40. The Bertz CT molecular complexity index is 2190. The van der Waals surface area contributed by atoms with E-state index in [9.17, 15) is 19.2 Å². The van der Waals surface area contributed by atoms with Crippen molar-refractivity contribution in [2.24, 2.45) is 5.41 Å². The first kappa shape index (κ1) is 33.1. The number of rotatable bonds is 8. The molecule has 52 heavy (non-hydrogen) atoms. The van der Waals surface area contributed by atoms with Gasteiger partial charge in [-0.15, -0.1) is 0 Å². The van der Waals surface area contributed by atoms with Gasteiger partial charge < -0.3 is 15.4 Å². The number of piperidine rings is 2. The van der Waals surface area contributed by atoms with Crippen molar-refractivity contribution in [1.29, 1.82) is 0 Å². The number of para-hydroxylation sites is 1. The molecule has 1 atom stereocenters. The van der Waals surface area contributed by atoms with Crippen molar-refractivity contribution in [1.82, 2.24) is 30.0 Å². The van der Waals surface area contributed by atoms with Crippen molar-refractivity contribution in [3.8, 4) is 22.8 Å². The minimum Gasteiger partial charge on any atom is -0.457 e. The van der Waals surface area contributed by atoms with E-state index >= 15 is 0 Å². The second-order valence-electron chi connectivity index (χ2n) is 14.0. The summed E-state index contributed by atoms with van der Waals surface area (Å²) in [5.74, 6) is 0.284. The fourth-order valence-corrected chi connectivity index (χ4v) is 7.90. The summed E-state index contributed by atoms with van der Waals surface area (Å²) in [4.78, 5) is 61.7. The number of nitrogen functional groups attached to an aromatic ring is 1. The topological polar surface area (TPSA) is 166 Å². The number of carbonyl (C=O) groups excluding carboxylic acids is 4. The molecule has 3 aromatic carbocycles. The summed E-state index contributed by atoms with van der Waals surface area (Å²) in [6.45, 7) is 3.43. The standard InChI is InChI=1S/C39H38N8O5/c1-24-7-10-26(19-30(24)38(51)46(23-48)31-13-14-32(49)43-37(31)50)45-17-15-39(16-18-45)20-27(21-39)47-36-33(35(40)41-22-42-36)34(44-47)25-8-11-29(12-9-25)52-28-5-3-2-4-6-28/h2-12,19,22-23,27,31H,13-18,20-21H2,1H3,(H2,40,41,42)(H,43,49,50). The van der Waals surface area contributed by atoms with Gasteiger partial charge in [0.15, 0.2) is 5.65 Å². The molecule has 1 spiro atoms. The second-order valence-corrected chi connectivity index (χ2v) is 14.0. The Labute approximate surface area is 299 Å². The Morgan fingerprint density at radius 3 is 2.44 bits per heavy atom. The van der Waals surface area contributed by atoms with Crippen LogP contribution in [0.4, 0.5) is 11.5 Å². The number of carbonyl (C=O) groups is 4. The lowest BCUT2D eigenvalue weighted by Gasteiger charge is -2.52. The van der Waals surface area contributed by atoms with Crippen molar-refractivity contribution in [3.63, 3.8) is 0 Å². The van der Waals surface area contributed by atoms with Crippen LogP contribution < -0.4 is 20.7 Å². The van der Waals surface area contributed by atoms with Gasteiger partial charge in [0.2, 0.25) is 18.2 Å². The average Bonchev–Trinajstić information content (AvgIpc) is 3.53. The zero-order chi connectivity index (χ0) is 36.0. The second kappa shape index (κ2) is 13.2. The van der Waals surface area contributed by atoms with Crippen LogP contribution in [0.2, 0.25) is 0 Å². The monoisotopic (exact) mass is 698 g/mol. The lowest BCUT2D eigenvalue weighted by molar-refractivity contribution is -0.139. The number of benzene rings is 3. The molecule has 2 aliphatic heterocycles. The summed E-state index contributed by atoms with van der Waals surface area (Å²) in [5, 5.41) is 8.04. The van der Waals surface area contributed by atoms with Gasteiger partial charge in [0.1, 0.15) is 35.4 Å². The number of nitrogens with zero attached hydrogens (tertiary/aromatic N) is 6. The highest BCUT2D eigenvalue weighted by Crippen LogP contribution is 2.55. The number of hydrogen-bond donors (Lipinski definition) is 2. The van der Waals surface area contributed by atoms with Crippen LogP contribution in [0.3, 0.4) is 0 Å². The van der Waals surface area contributed by atoms with Crippen molar-refractivity contribution < 1.29 is 23.9 Å². The molecule has 3 N–H and O–H groups in total. The number of amides is 4.